The molecule has 4 nitrogen and oxygen atoms in total. The van der Waals surface area contributed by atoms with E-state index >= 15 is 0 Å². The monoisotopic (exact) mass is 318 g/mol. The molecule has 21 heavy (non-hydrogen) atoms. The molecule has 0 saturated heterocycles. The first-order valence-electron chi connectivity index (χ1n) is 6.46. The number of sulfonamides is 1. The Morgan fingerprint density at radius 3 is 2.10 bits per heavy atom. The molecule has 3 rings (SSSR count). The van der Waals surface area contributed by atoms with Crippen LogP contribution >= 0.6 is 12.2 Å². The van der Waals surface area contributed by atoms with Crippen LogP contribution in [0.4, 0.5) is 0 Å². The summed E-state index contributed by atoms with van der Waals surface area (Å²) in [6, 6.07) is 14.3. The summed E-state index contributed by atoms with van der Waals surface area (Å²) in [5, 5.41) is 0. The van der Waals surface area contributed by atoms with Gasteiger partial charge in [0.15, 0.2) is 0 Å². The van der Waals surface area contributed by atoms with Crippen LogP contribution < -0.4 is 5.73 Å². The Bertz CT molecular complexity index is 791. The largest absolute Gasteiger partial charge is 0.389 e. The van der Waals surface area contributed by atoms with Crippen molar-refractivity contribution in [3.63, 3.8) is 0 Å². The molecule has 0 bridgehead atoms. The zero-order valence-corrected chi connectivity index (χ0v) is 12.8. The van der Waals surface area contributed by atoms with Crippen molar-refractivity contribution in [1.82, 2.24) is 4.31 Å². The molecular formula is C15H14N2O2S2. The molecule has 0 fully saturated rings. The second-order valence-corrected chi connectivity index (χ2v) is 7.25. The number of benzene rings is 2. The third kappa shape index (κ3) is 2.46. The minimum absolute atomic E-state index is 0.0888. The lowest BCUT2D eigenvalue weighted by molar-refractivity contribution is 0.431. The molecule has 0 unspecified atom stereocenters. The van der Waals surface area contributed by atoms with Gasteiger partial charge in [0.05, 0.1) is 4.90 Å². The van der Waals surface area contributed by atoms with Gasteiger partial charge in [-0.2, -0.15) is 4.31 Å². The van der Waals surface area contributed by atoms with E-state index in [4.69, 9.17) is 18.0 Å². The normalized spacial score (nSPS) is 14.9. The summed E-state index contributed by atoms with van der Waals surface area (Å²) in [6.45, 7) is 0.758. The van der Waals surface area contributed by atoms with Crippen LogP contribution in [0.3, 0.4) is 0 Å². The number of thiocarbonyl (C=S) groups is 1. The van der Waals surface area contributed by atoms with E-state index in [1.165, 1.54) is 4.31 Å². The molecule has 0 spiro atoms. The summed E-state index contributed by atoms with van der Waals surface area (Å²) in [6.07, 6.45) is 0. The minimum atomic E-state index is -3.62. The molecule has 108 valence electrons. The van der Waals surface area contributed by atoms with Crippen molar-refractivity contribution >= 4 is 27.2 Å². The Labute approximate surface area is 129 Å². The van der Waals surface area contributed by atoms with Crippen molar-refractivity contribution in [3.05, 3.63) is 65.2 Å². The summed E-state index contributed by atoms with van der Waals surface area (Å²) in [5.74, 6) is 0. The lowest BCUT2D eigenvalue weighted by atomic mass is 10.1. The van der Waals surface area contributed by atoms with E-state index in [0.717, 1.165) is 11.1 Å². The average molecular weight is 318 g/mol. The summed E-state index contributed by atoms with van der Waals surface area (Å²) in [7, 11) is -3.62. The quantitative estimate of drug-likeness (QED) is 0.880. The summed E-state index contributed by atoms with van der Waals surface area (Å²) >= 11 is 4.96. The number of fused-ring (bicyclic) bond motifs is 1. The van der Waals surface area contributed by atoms with Gasteiger partial charge in [-0.05, 0) is 17.2 Å². The number of nitrogens with two attached hydrogens (primary N) is 1. The van der Waals surface area contributed by atoms with Gasteiger partial charge in [0.25, 0.3) is 0 Å². The molecule has 2 N–H and O–H groups in total. The molecular weight excluding hydrogens is 304 g/mol. The first kappa shape index (κ1) is 14.2. The zero-order valence-electron chi connectivity index (χ0n) is 11.2. The van der Waals surface area contributed by atoms with Crippen molar-refractivity contribution in [2.75, 3.05) is 0 Å². The van der Waals surface area contributed by atoms with Crippen molar-refractivity contribution in [3.8, 4) is 0 Å². The van der Waals surface area contributed by atoms with E-state index in [-0.39, 0.29) is 9.88 Å². The standard InChI is InChI=1S/C15H14N2O2S2/c16-15(20)13-7-3-4-8-14(13)21(18,19)17-9-11-5-1-2-6-12(11)10-17/h1-8H,9-10H2,(H2,16,20). The van der Waals surface area contributed by atoms with Crippen LogP contribution in [-0.2, 0) is 23.1 Å². The highest BCUT2D eigenvalue weighted by Crippen LogP contribution is 2.29. The smallest absolute Gasteiger partial charge is 0.244 e. The van der Waals surface area contributed by atoms with Gasteiger partial charge in [-0.3, -0.25) is 0 Å². The van der Waals surface area contributed by atoms with Crippen LogP contribution in [0, 0.1) is 0 Å². The summed E-state index contributed by atoms with van der Waals surface area (Å²) < 4.78 is 27.1. The van der Waals surface area contributed by atoms with Crippen LogP contribution in [0.15, 0.2) is 53.4 Å². The van der Waals surface area contributed by atoms with E-state index in [1.807, 2.05) is 24.3 Å². The van der Waals surface area contributed by atoms with Gasteiger partial charge >= 0.3 is 0 Å². The first-order chi connectivity index (χ1) is 10.00. The van der Waals surface area contributed by atoms with Crippen LogP contribution in [0.5, 0.6) is 0 Å². The number of nitrogens with zero attached hydrogens (tertiary/aromatic N) is 1. The molecule has 0 amide bonds. The minimum Gasteiger partial charge on any atom is -0.389 e. The number of hydrogen-bond donors (Lipinski definition) is 1. The molecule has 1 aliphatic rings. The van der Waals surface area contributed by atoms with E-state index in [0.29, 0.717) is 18.7 Å². The molecule has 0 aromatic heterocycles. The van der Waals surface area contributed by atoms with Crippen LogP contribution in [0.25, 0.3) is 0 Å². The molecule has 0 atom stereocenters. The molecule has 2 aromatic rings. The van der Waals surface area contributed by atoms with Gasteiger partial charge in [-0.15, -0.1) is 0 Å². The maximum Gasteiger partial charge on any atom is 0.244 e. The van der Waals surface area contributed by atoms with Crippen molar-refractivity contribution in [2.24, 2.45) is 5.73 Å². The second-order valence-electron chi connectivity index (χ2n) is 4.90. The fourth-order valence-electron chi connectivity index (χ4n) is 2.51. The molecule has 6 heteroatoms. The molecule has 2 aromatic carbocycles. The topological polar surface area (TPSA) is 63.4 Å². The number of hydrogen-bond acceptors (Lipinski definition) is 3. The lowest BCUT2D eigenvalue weighted by Gasteiger charge is -2.17. The maximum atomic E-state index is 12.8. The SMILES string of the molecule is NC(=S)c1ccccc1S(=O)(=O)N1Cc2ccccc2C1. The average Bonchev–Trinajstić information content (AvgIpc) is 2.92. The summed E-state index contributed by atoms with van der Waals surface area (Å²) in [4.78, 5) is 0.260. The van der Waals surface area contributed by atoms with Crippen molar-refractivity contribution in [2.45, 2.75) is 18.0 Å². The van der Waals surface area contributed by atoms with Gasteiger partial charge in [0.2, 0.25) is 10.0 Å². The predicted molar refractivity (Wildman–Crippen MR) is 85.2 cm³/mol. The van der Waals surface area contributed by atoms with E-state index in [2.05, 4.69) is 0 Å². The van der Waals surface area contributed by atoms with Crippen molar-refractivity contribution in [1.29, 1.82) is 0 Å². The van der Waals surface area contributed by atoms with E-state index in [1.54, 1.807) is 24.3 Å². The van der Waals surface area contributed by atoms with E-state index in [9.17, 15) is 8.42 Å². The highest BCUT2D eigenvalue weighted by molar-refractivity contribution is 7.89. The van der Waals surface area contributed by atoms with Gasteiger partial charge in [-0.1, -0.05) is 54.7 Å². The van der Waals surface area contributed by atoms with E-state index < -0.39 is 10.0 Å². The highest BCUT2D eigenvalue weighted by Gasteiger charge is 2.32. The van der Waals surface area contributed by atoms with Gasteiger partial charge in [-0.25, -0.2) is 8.42 Å². The highest BCUT2D eigenvalue weighted by atomic mass is 32.2. The first-order valence-corrected chi connectivity index (χ1v) is 8.31. The van der Waals surface area contributed by atoms with Gasteiger partial charge in [0.1, 0.15) is 4.99 Å². The van der Waals surface area contributed by atoms with Gasteiger partial charge in [0, 0.05) is 18.7 Å². The predicted octanol–water partition coefficient (Wildman–Crippen LogP) is 2.03. The van der Waals surface area contributed by atoms with Crippen molar-refractivity contribution < 1.29 is 8.42 Å². The third-order valence-corrected chi connectivity index (χ3v) is 5.65. The molecule has 0 saturated carbocycles. The van der Waals surface area contributed by atoms with Crippen LogP contribution in [0.2, 0.25) is 0 Å². The van der Waals surface area contributed by atoms with Crippen LogP contribution in [0.1, 0.15) is 16.7 Å². The molecule has 0 radical (unpaired) electrons. The lowest BCUT2D eigenvalue weighted by Crippen LogP contribution is -2.28. The fourth-order valence-corrected chi connectivity index (χ4v) is 4.35. The Kier molecular flexibility index (Phi) is 3.52. The molecule has 1 heterocycles. The Morgan fingerprint density at radius 1 is 1.00 bits per heavy atom. The summed E-state index contributed by atoms with van der Waals surface area (Å²) in [5.41, 5.74) is 8.11. The maximum absolute atomic E-state index is 12.8. The fraction of sp³-hybridized carbons (Fsp3) is 0.133. The van der Waals surface area contributed by atoms with Crippen LogP contribution in [-0.4, -0.2) is 17.7 Å². The van der Waals surface area contributed by atoms with Gasteiger partial charge < -0.3 is 5.73 Å². The Morgan fingerprint density at radius 2 is 1.52 bits per heavy atom. The second kappa shape index (κ2) is 5.22. The molecule has 0 aliphatic carbocycles. The third-order valence-electron chi connectivity index (χ3n) is 3.58. The zero-order chi connectivity index (χ0) is 15.0. The Hall–Kier alpha value is -1.76. The molecule has 1 aliphatic heterocycles. The number of rotatable bonds is 3. The Balaban J connectivity index is 2.02.